The van der Waals surface area contributed by atoms with Crippen molar-refractivity contribution in [1.82, 2.24) is 5.32 Å². The van der Waals surface area contributed by atoms with Crippen LogP contribution in [0.25, 0.3) is 0 Å². The van der Waals surface area contributed by atoms with Crippen molar-refractivity contribution in [2.24, 2.45) is 10.2 Å². The molecule has 1 saturated heterocycles. The van der Waals surface area contributed by atoms with Crippen molar-refractivity contribution >= 4 is 46.6 Å². The zero-order valence-electron chi connectivity index (χ0n) is 16.2. The topological polar surface area (TPSA) is 89.3 Å². The van der Waals surface area contributed by atoms with E-state index in [1.54, 1.807) is 18.2 Å². The average molecular weight is 444 g/mol. The van der Waals surface area contributed by atoms with E-state index in [0.29, 0.717) is 22.9 Å². The van der Waals surface area contributed by atoms with Crippen molar-refractivity contribution in [3.8, 4) is 5.75 Å². The molecule has 0 aromatic heterocycles. The van der Waals surface area contributed by atoms with Gasteiger partial charge in [0.1, 0.15) is 12.4 Å². The van der Waals surface area contributed by atoms with Crippen molar-refractivity contribution < 1.29 is 19.1 Å². The van der Waals surface area contributed by atoms with Gasteiger partial charge in [0, 0.05) is 16.7 Å². The smallest absolute Gasteiger partial charge is 0.331 e. The van der Waals surface area contributed by atoms with Gasteiger partial charge in [0.15, 0.2) is 5.17 Å². The molecule has 0 unspecified atom stereocenters. The molecule has 1 fully saturated rings. The number of halogens is 1. The number of benzene rings is 2. The first kappa shape index (κ1) is 21.6. The van der Waals surface area contributed by atoms with Crippen LogP contribution in [-0.4, -0.2) is 30.4 Å². The number of carbonyl (C=O) groups is 2. The quantitative estimate of drug-likeness (QED) is 0.317. The van der Waals surface area contributed by atoms with Gasteiger partial charge in [0.05, 0.1) is 18.2 Å². The maximum Gasteiger partial charge on any atom is 0.331 e. The second-order valence-electron chi connectivity index (χ2n) is 6.13. The van der Waals surface area contributed by atoms with Crippen LogP contribution in [0.1, 0.15) is 16.7 Å². The van der Waals surface area contributed by atoms with Crippen LogP contribution in [0.5, 0.6) is 5.75 Å². The van der Waals surface area contributed by atoms with Crippen LogP contribution in [-0.2, 0) is 20.9 Å². The van der Waals surface area contributed by atoms with Gasteiger partial charge < -0.3 is 9.47 Å². The highest BCUT2D eigenvalue weighted by atomic mass is 35.5. The highest BCUT2D eigenvalue weighted by Crippen LogP contribution is 2.25. The molecule has 2 aromatic carbocycles. The number of nitrogens with one attached hydrogen (secondary N) is 1. The first-order valence-corrected chi connectivity index (χ1v) is 10.0. The van der Waals surface area contributed by atoms with Gasteiger partial charge in [0.2, 0.25) is 0 Å². The third-order valence-corrected chi connectivity index (χ3v) is 5.20. The summed E-state index contributed by atoms with van der Waals surface area (Å²) in [5.41, 5.74) is 2.85. The fourth-order valence-electron chi connectivity index (χ4n) is 2.46. The Hall–Kier alpha value is -3.10. The fourth-order valence-corrected chi connectivity index (χ4v) is 3.38. The van der Waals surface area contributed by atoms with Gasteiger partial charge in [-0.25, -0.2) is 4.79 Å². The molecule has 0 spiro atoms. The summed E-state index contributed by atoms with van der Waals surface area (Å²) < 4.78 is 10.5. The normalized spacial score (nSPS) is 16.3. The number of hydrogen-bond donors (Lipinski definition) is 1. The van der Waals surface area contributed by atoms with Gasteiger partial charge in [-0.05, 0) is 48.0 Å². The number of carbonyl (C=O) groups excluding carboxylic acids is 2. The summed E-state index contributed by atoms with van der Waals surface area (Å²) >= 11 is 7.09. The Labute approximate surface area is 182 Å². The van der Waals surface area contributed by atoms with Crippen molar-refractivity contribution in [3.63, 3.8) is 0 Å². The van der Waals surface area contributed by atoms with Gasteiger partial charge in [-0.3, -0.25) is 10.1 Å². The maximum atomic E-state index is 11.8. The zero-order chi connectivity index (χ0) is 21.5. The molecule has 1 heterocycles. The SMILES string of the molecule is COC(=O)/C=C1/S/C(=N\N=Cc2cc(Cl)ccc2OCc2ccccc2C)NC1=O. The van der Waals surface area contributed by atoms with Crippen LogP contribution in [0.3, 0.4) is 0 Å². The lowest BCUT2D eigenvalue weighted by Crippen LogP contribution is -2.19. The molecule has 0 bridgehead atoms. The first-order chi connectivity index (χ1) is 14.5. The Kier molecular flexibility index (Phi) is 7.26. The second kappa shape index (κ2) is 10.1. The minimum Gasteiger partial charge on any atom is -0.488 e. The zero-order valence-corrected chi connectivity index (χ0v) is 17.8. The molecule has 154 valence electrons. The Morgan fingerprint density at radius 1 is 1.27 bits per heavy atom. The number of thioether (sulfide) groups is 1. The summed E-state index contributed by atoms with van der Waals surface area (Å²) in [6.07, 6.45) is 2.58. The lowest BCUT2D eigenvalue weighted by atomic mass is 10.1. The number of rotatable bonds is 6. The minimum absolute atomic E-state index is 0.181. The lowest BCUT2D eigenvalue weighted by molar-refractivity contribution is -0.135. The maximum absolute atomic E-state index is 11.8. The third kappa shape index (κ3) is 5.71. The number of esters is 1. The predicted octanol–water partition coefficient (Wildman–Crippen LogP) is 3.84. The van der Waals surface area contributed by atoms with Crippen LogP contribution < -0.4 is 10.1 Å². The highest BCUT2D eigenvalue weighted by molar-refractivity contribution is 8.18. The molecule has 3 rings (SSSR count). The number of amides is 1. The molecular weight excluding hydrogens is 426 g/mol. The van der Waals surface area contributed by atoms with E-state index >= 15 is 0 Å². The summed E-state index contributed by atoms with van der Waals surface area (Å²) in [5.74, 6) is -0.461. The minimum atomic E-state index is -0.619. The molecule has 7 nitrogen and oxygen atoms in total. The van der Waals surface area contributed by atoms with Crippen molar-refractivity contribution in [2.45, 2.75) is 13.5 Å². The van der Waals surface area contributed by atoms with E-state index < -0.39 is 11.9 Å². The summed E-state index contributed by atoms with van der Waals surface area (Å²) in [5, 5.41) is 11.3. The standard InChI is InChI=1S/C21H18ClN3O4S/c1-13-5-3-4-6-14(13)12-29-17-8-7-16(22)9-15(17)11-23-25-21-24-20(27)18(30-21)10-19(26)28-2/h3-11H,12H2,1-2H3,(H,24,25,27)/b18-10+,23-11?. The van der Waals surface area contributed by atoms with Crippen LogP contribution in [0.15, 0.2) is 63.6 Å². The largest absolute Gasteiger partial charge is 0.488 e. The molecule has 0 aliphatic carbocycles. The van der Waals surface area contributed by atoms with E-state index in [0.717, 1.165) is 29.0 Å². The molecule has 0 radical (unpaired) electrons. The van der Waals surface area contributed by atoms with Crippen molar-refractivity contribution in [3.05, 3.63) is 75.2 Å². The Morgan fingerprint density at radius 2 is 2.07 bits per heavy atom. The van der Waals surface area contributed by atoms with E-state index in [4.69, 9.17) is 16.3 Å². The van der Waals surface area contributed by atoms with Gasteiger partial charge in [-0.15, -0.1) is 5.10 Å². The predicted molar refractivity (Wildman–Crippen MR) is 118 cm³/mol. The van der Waals surface area contributed by atoms with Crippen molar-refractivity contribution in [2.75, 3.05) is 7.11 Å². The molecule has 30 heavy (non-hydrogen) atoms. The fraction of sp³-hybridized carbons (Fsp3) is 0.143. The Bertz CT molecular complexity index is 1070. The molecule has 1 amide bonds. The monoisotopic (exact) mass is 443 g/mol. The molecular formula is C21H18ClN3O4S. The lowest BCUT2D eigenvalue weighted by Gasteiger charge is -2.11. The highest BCUT2D eigenvalue weighted by Gasteiger charge is 2.25. The third-order valence-electron chi connectivity index (χ3n) is 4.06. The summed E-state index contributed by atoms with van der Waals surface area (Å²) in [7, 11) is 1.24. The van der Waals surface area contributed by atoms with Gasteiger partial charge >= 0.3 is 5.97 Å². The van der Waals surface area contributed by atoms with E-state index in [1.807, 2.05) is 31.2 Å². The van der Waals surface area contributed by atoms with Crippen LogP contribution in [0, 0.1) is 6.92 Å². The summed E-state index contributed by atoms with van der Waals surface area (Å²) in [4.78, 5) is 23.3. The molecule has 1 aliphatic rings. The molecule has 2 aromatic rings. The molecule has 1 aliphatic heterocycles. The number of hydrogen-bond acceptors (Lipinski definition) is 7. The van der Waals surface area contributed by atoms with Crippen LogP contribution in [0.2, 0.25) is 5.02 Å². The van der Waals surface area contributed by atoms with E-state index in [2.05, 4.69) is 20.3 Å². The summed E-state index contributed by atoms with van der Waals surface area (Å²) in [6, 6.07) is 13.2. The first-order valence-electron chi connectivity index (χ1n) is 8.83. The number of aryl methyl sites for hydroxylation is 1. The van der Waals surface area contributed by atoms with Crippen LogP contribution >= 0.6 is 23.4 Å². The second-order valence-corrected chi connectivity index (χ2v) is 7.60. The van der Waals surface area contributed by atoms with Gasteiger partial charge in [0.25, 0.3) is 5.91 Å². The summed E-state index contributed by atoms with van der Waals surface area (Å²) in [6.45, 7) is 2.42. The van der Waals surface area contributed by atoms with E-state index in [9.17, 15) is 9.59 Å². The van der Waals surface area contributed by atoms with Crippen molar-refractivity contribution in [1.29, 1.82) is 0 Å². The Morgan fingerprint density at radius 3 is 2.83 bits per heavy atom. The van der Waals surface area contributed by atoms with E-state index in [-0.39, 0.29) is 10.1 Å². The number of amidine groups is 1. The van der Waals surface area contributed by atoms with Gasteiger partial charge in [-0.1, -0.05) is 35.9 Å². The van der Waals surface area contributed by atoms with Crippen LogP contribution in [0.4, 0.5) is 0 Å². The Balaban J connectivity index is 1.72. The van der Waals surface area contributed by atoms with E-state index in [1.165, 1.54) is 13.3 Å². The van der Waals surface area contributed by atoms with Gasteiger partial charge in [-0.2, -0.15) is 5.10 Å². The molecule has 9 heteroatoms. The number of methoxy groups -OCH3 is 1. The number of nitrogens with zero attached hydrogens (tertiary/aromatic N) is 2. The average Bonchev–Trinajstić information content (AvgIpc) is 3.07. The number of ether oxygens (including phenoxy) is 2. The molecule has 1 N–H and O–H groups in total. The molecule has 0 saturated carbocycles. The molecule has 0 atom stereocenters.